The summed E-state index contributed by atoms with van der Waals surface area (Å²) in [6.07, 6.45) is 0.511. The molecule has 1 heterocycles. The first-order chi connectivity index (χ1) is 17.3. The van der Waals surface area contributed by atoms with E-state index in [2.05, 4.69) is 4.98 Å². The van der Waals surface area contributed by atoms with Crippen LogP contribution in [0.3, 0.4) is 0 Å². The van der Waals surface area contributed by atoms with Gasteiger partial charge in [0.2, 0.25) is 10.0 Å². The lowest BCUT2D eigenvalue weighted by molar-refractivity contribution is 0.340. The molecule has 0 bridgehead atoms. The predicted octanol–water partition coefficient (Wildman–Crippen LogP) is 4.68. The molecule has 7 nitrogen and oxygen atoms in total. The number of pyridine rings is 1. The highest BCUT2D eigenvalue weighted by molar-refractivity contribution is 7.89. The summed E-state index contributed by atoms with van der Waals surface area (Å²) in [5, 5.41) is 0.774. The van der Waals surface area contributed by atoms with Crippen molar-refractivity contribution in [3.8, 4) is 11.5 Å². The van der Waals surface area contributed by atoms with Crippen molar-refractivity contribution in [2.45, 2.75) is 31.7 Å². The lowest BCUT2D eigenvalue weighted by Crippen LogP contribution is -2.34. The Labute approximate surface area is 211 Å². The molecule has 0 spiro atoms. The molecule has 0 aliphatic rings. The number of sulfonamides is 1. The van der Waals surface area contributed by atoms with E-state index in [0.717, 1.165) is 16.5 Å². The van der Waals surface area contributed by atoms with Crippen LogP contribution in [0, 0.1) is 6.92 Å². The average Bonchev–Trinajstić information content (AvgIpc) is 2.87. The van der Waals surface area contributed by atoms with E-state index < -0.39 is 10.0 Å². The lowest BCUT2D eigenvalue weighted by atomic mass is 10.1. The fraction of sp³-hybridized carbons (Fsp3) is 0.250. The Kier molecular flexibility index (Phi) is 7.76. The maximum absolute atomic E-state index is 13.7. The van der Waals surface area contributed by atoms with Crippen molar-refractivity contribution >= 4 is 20.9 Å². The SMILES string of the molecule is CCOc1ccc2[nH]c(=O)c(CN(CCc3cccc(C)c3)S(=O)(=O)c3ccc(OC)cc3)cc2c1. The first-order valence-corrected chi connectivity index (χ1v) is 13.2. The minimum atomic E-state index is -3.89. The minimum Gasteiger partial charge on any atom is -0.497 e. The maximum atomic E-state index is 13.7. The monoisotopic (exact) mass is 506 g/mol. The van der Waals surface area contributed by atoms with Gasteiger partial charge in [0.1, 0.15) is 11.5 Å². The zero-order valence-electron chi connectivity index (χ0n) is 20.7. The topological polar surface area (TPSA) is 88.7 Å². The normalized spacial score (nSPS) is 11.7. The third-order valence-electron chi connectivity index (χ3n) is 5.98. The van der Waals surface area contributed by atoms with Gasteiger partial charge in [0, 0.05) is 29.6 Å². The van der Waals surface area contributed by atoms with Crippen molar-refractivity contribution in [3.05, 3.63) is 99.8 Å². The molecule has 188 valence electrons. The number of hydrogen-bond donors (Lipinski definition) is 1. The van der Waals surface area contributed by atoms with Crippen LogP contribution >= 0.6 is 0 Å². The molecule has 0 aliphatic carbocycles. The van der Waals surface area contributed by atoms with Gasteiger partial charge in [-0.05, 0) is 74.4 Å². The van der Waals surface area contributed by atoms with E-state index in [1.165, 1.54) is 23.5 Å². The number of methoxy groups -OCH3 is 1. The van der Waals surface area contributed by atoms with Gasteiger partial charge in [0.15, 0.2) is 0 Å². The molecule has 0 radical (unpaired) electrons. The molecule has 0 unspecified atom stereocenters. The molecule has 4 rings (SSSR count). The van der Waals surface area contributed by atoms with Crippen molar-refractivity contribution in [1.82, 2.24) is 9.29 Å². The number of H-pyrrole nitrogens is 1. The van der Waals surface area contributed by atoms with Gasteiger partial charge >= 0.3 is 0 Å². The van der Waals surface area contributed by atoms with Crippen molar-refractivity contribution in [2.75, 3.05) is 20.3 Å². The molecule has 1 aromatic heterocycles. The van der Waals surface area contributed by atoms with E-state index in [0.29, 0.717) is 35.6 Å². The van der Waals surface area contributed by atoms with Gasteiger partial charge in [0.25, 0.3) is 5.56 Å². The molecular formula is C28H30N2O5S. The summed E-state index contributed by atoms with van der Waals surface area (Å²) in [5.74, 6) is 1.25. The second kappa shape index (κ2) is 11.0. The highest BCUT2D eigenvalue weighted by Crippen LogP contribution is 2.23. The van der Waals surface area contributed by atoms with Crippen LogP contribution in [0.5, 0.6) is 11.5 Å². The Morgan fingerprint density at radius 3 is 2.39 bits per heavy atom. The van der Waals surface area contributed by atoms with Crippen LogP contribution in [-0.2, 0) is 23.0 Å². The molecule has 1 N–H and O–H groups in total. The molecule has 0 amide bonds. The summed E-state index contributed by atoms with van der Waals surface area (Å²) in [6, 6.07) is 21.4. The minimum absolute atomic E-state index is 0.0652. The summed E-state index contributed by atoms with van der Waals surface area (Å²) < 4.78 is 39.5. The van der Waals surface area contributed by atoms with Gasteiger partial charge in [-0.3, -0.25) is 4.79 Å². The zero-order valence-corrected chi connectivity index (χ0v) is 21.5. The van der Waals surface area contributed by atoms with Crippen molar-refractivity contribution in [3.63, 3.8) is 0 Å². The number of fused-ring (bicyclic) bond motifs is 1. The fourth-order valence-electron chi connectivity index (χ4n) is 4.10. The number of aryl methyl sites for hydroxylation is 1. The average molecular weight is 507 g/mol. The summed E-state index contributed by atoms with van der Waals surface area (Å²) in [6.45, 7) is 4.58. The molecule has 0 aliphatic heterocycles. The van der Waals surface area contributed by atoms with Gasteiger partial charge in [-0.25, -0.2) is 8.42 Å². The van der Waals surface area contributed by atoms with E-state index in [-0.39, 0.29) is 23.5 Å². The lowest BCUT2D eigenvalue weighted by Gasteiger charge is -2.22. The van der Waals surface area contributed by atoms with E-state index in [4.69, 9.17) is 9.47 Å². The van der Waals surface area contributed by atoms with Crippen molar-refractivity contribution < 1.29 is 17.9 Å². The van der Waals surface area contributed by atoms with Crippen molar-refractivity contribution in [1.29, 1.82) is 0 Å². The van der Waals surface area contributed by atoms with Crippen LogP contribution in [0.4, 0.5) is 0 Å². The first-order valence-electron chi connectivity index (χ1n) is 11.8. The molecular weight excluding hydrogens is 476 g/mol. The molecule has 4 aromatic rings. The summed E-state index contributed by atoms with van der Waals surface area (Å²) in [7, 11) is -2.36. The Balaban J connectivity index is 1.71. The molecule has 8 heteroatoms. The third-order valence-corrected chi connectivity index (χ3v) is 7.84. The molecule has 36 heavy (non-hydrogen) atoms. The number of rotatable bonds is 10. The van der Waals surface area contributed by atoms with E-state index >= 15 is 0 Å². The summed E-state index contributed by atoms with van der Waals surface area (Å²) in [4.78, 5) is 15.9. The third kappa shape index (κ3) is 5.78. The molecule has 0 fully saturated rings. The quantitative estimate of drug-likeness (QED) is 0.337. The van der Waals surface area contributed by atoms with Crippen LogP contribution in [-0.4, -0.2) is 38.0 Å². The van der Waals surface area contributed by atoms with Crippen LogP contribution in [0.1, 0.15) is 23.6 Å². The predicted molar refractivity (Wildman–Crippen MR) is 141 cm³/mol. The standard InChI is InChI=1S/C28H30N2O5S/c1-4-35-25-10-13-27-22(18-25)17-23(28(31)29-27)19-30(15-14-21-7-5-6-20(2)16-21)36(32,33)26-11-8-24(34-3)9-12-26/h5-13,16-18H,4,14-15,19H2,1-3H3,(H,29,31). The largest absolute Gasteiger partial charge is 0.497 e. The van der Waals surface area contributed by atoms with Crippen LogP contribution in [0.15, 0.2) is 82.5 Å². The molecule has 3 aromatic carbocycles. The smallest absolute Gasteiger partial charge is 0.252 e. The molecule has 0 atom stereocenters. The number of benzene rings is 3. The van der Waals surface area contributed by atoms with Crippen LogP contribution < -0.4 is 15.0 Å². The van der Waals surface area contributed by atoms with Crippen molar-refractivity contribution in [2.24, 2.45) is 0 Å². The summed E-state index contributed by atoms with van der Waals surface area (Å²) >= 11 is 0. The van der Waals surface area contributed by atoms with Gasteiger partial charge in [-0.2, -0.15) is 4.31 Å². The first kappa shape index (κ1) is 25.5. The van der Waals surface area contributed by atoms with E-state index in [1.807, 2.05) is 44.2 Å². The number of nitrogens with zero attached hydrogens (tertiary/aromatic N) is 1. The van der Waals surface area contributed by atoms with Crippen LogP contribution in [0.2, 0.25) is 0 Å². The number of nitrogens with one attached hydrogen (secondary N) is 1. The Morgan fingerprint density at radius 1 is 0.944 bits per heavy atom. The highest BCUT2D eigenvalue weighted by Gasteiger charge is 2.26. The summed E-state index contributed by atoms with van der Waals surface area (Å²) in [5.41, 5.74) is 2.83. The van der Waals surface area contributed by atoms with E-state index in [9.17, 15) is 13.2 Å². The fourth-order valence-corrected chi connectivity index (χ4v) is 5.52. The van der Waals surface area contributed by atoms with Gasteiger partial charge in [0.05, 0.1) is 18.6 Å². The highest BCUT2D eigenvalue weighted by atomic mass is 32.2. The van der Waals surface area contributed by atoms with Gasteiger partial charge in [-0.15, -0.1) is 0 Å². The Hall–Kier alpha value is -3.62. The second-order valence-electron chi connectivity index (χ2n) is 8.56. The molecule has 0 saturated carbocycles. The maximum Gasteiger partial charge on any atom is 0.252 e. The number of ether oxygens (including phenoxy) is 2. The molecule has 0 saturated heterocycles. The Morgan fingerprint density at radius 2 is 1.69 bits per heavy atom. The van der Waals surface area contributed by atoms with Crippen LogP contribution in [0.25, 0.3) is 10.9 Å². The Bertz CT molecular complexity index is 1510. The number of aromatic nitrogens is 1. The van der Waals surface area contributed by atoms with E-state index in [1.54, 1.807) is 30.3 Å². The van der Waals surface area contributed by atoms with Gasteiger partial charge < -0.3 is 14.5 Å². The van der Waals surface area contributed by atoms with Gasteiger partial charge in [-0.1, -0.05) is 29.8 Å². The zero-order chi connectivity index (χ0) is 25.7. The second-order valence-corrected chi connectivity index (χ2v) is 10.5. The number of aromatic amines is 1. The number of hydrogen-bond acceptors (Lipinski definition) is 5.